The van der Waals surface area contributed by atoms with Crippen molar-refractivity contribution < 1.29 is 19.1 Å². The summed E-state index contributed by atoms with van der Waals surface area (Å²) in [6.45, 7) is 1.30. The van der Waals surface area contributed by atoms with Crippen LogP contribution in [-0.4, -0.2) is 11.1 Å². The van der Waals surface area contributed by atoms with Gasteiger partial charge in [-0.25, -0.2) is 4.79 Å². The second kappa shape index (κ2) is 5.37. The topological polar surface area (TPSA) is 76.7 Å². The number of benzene rings is 2. The summed E-state index contributed by atoms with van der Waals surface area (Å²) in [7, 11) is 0. The Balaban J connectivity index is 2.13. The SMILES string of the molecule is CC(=O)Oc1ccc2cc(-c3cccc(O)c3)c(=O)oc2c1. The minimum Gasteiger partial charge on any atom is -0.508 e. The predicted molar refractivity (Wildman–Crippen MR) is 80.9 cm³/mol. The standard InChI is InChI=1S/C17H12O5/c1-10(18)21-14-6-5-12-8-15(17(20)22-16(12)9-14)11-3-2-4-13(19)7-11/h2-9,19H,1H3. The second-order valence-electron chi connectivity index (χ2n) is 4.79. The minimum absolute atomic E-state index is 0.0715. The van der Waals surface area contributed by atoms with Gasteiger partial charge in [-0.2, -0.15) is 0 Å². The quantitative estimate of drug-likeness (QED) is 0.447. The van der Waals surface area contributed by atoms with Gasteiger partial charge in [0.1, 0.15) is 17.1 Å². The Morgan fingerprint density at radius 2 is 1.95 bits per heavy atom. The Bertz CT molecular complexity index is 924. The third-order valence-corrected chi connectivity index (χ3v) is 3.13. The maximum Gasteiger partial charge on any atom is 0.344 e. The Kier molecular flexibility index (Phi) is 3.39. The lowest BCUT2D eigenvalue weighted by Crippen LogP contribution is -2.04. The summed E-state index contributed by atoms with van der Waals surface area (Å²) in [4.78, 5) is 23.1. The van der Waals surface area contributed by atoms with Gasteiger partial charge < -0.3 is 14.3 Å². The van der Waals surface area contributed by atoms with Crippen molar-refractivity contribution in [2.75, 3.05) is 0 Å². The molecule has 1 N–H and O–H groups in total. The van der Waals surface area contributed by atoms with Crippen molar-refractivity contribution in [2.45, 2.75) is 6.92 Å². The number of carbonyl (C=O) groups excluding carboxylic acids is 1. The summed E-state index contributed by atoms with van der Waals surface area (Å²) in [6, 6.07) is 12.9. The van der Waals surface area contributed by atoms with Gasteiger partial charge in [0.05, 0.1) is 5.56 Å². The molecule has 0 fully saturated rings. The number of phenols is 1. The van der Waals surface area contributed by atoms with Gasteiger partial charge in [0.2, 0.25) is 0 Å². The molecule has 0 saturated heterocycles. The Labute approximate surface area is 125 Å². The second-order valence-corrected chi connectivity index (χ2v) is 4.79. The fourth-order valence-electron chi connectivity index (χ4n) is 2.20. The summed E-state index contributed by atoms with van der Waals surface area (Å²) in [6.07, 6.45) is 0. The van der Waals surface area contributed by atoms with Gasteiger partial charge in [-0.05, 0) is 35.9 Å². The molecule has 0 spiro atoms. The number of esters is 1. The van der Waals surface area contributed by atoms with Crippen molar-refractivity contribution >= 4 is 16.9 Å². The highest BCUT2D eigenvalue weighted by Crippen LogP contribution is 2.26. The zero-order valence-electron chi connectivity index (χ0n) is 11.7. The molecule has 3 aromatic rings. The van der Waals surface area contributed by atoms with Crippen molar-refractivity contribution in [1.82, 2.24) is 0 Å². The van der Waals surface area contributed by atoms with Gasteiger partial charge in [0.25, 0.3) is 0 Å². The Hall–Kier alpha value is -3.08. The molecule has 0 aliphatic carbocycles. The van der Waals surface area contributed by atoms with Gasteiger partial charge >= 0.3 is 11.6 Å². The number of fused-ring (bicyclic) bond motifs is 1. The van der Waals surface area contributed by atoms with Crippen molar-refractivity contribution in [3.05, 3.63) is 59.0 Å². The van der Waals surface area contributed by atoms with Crippen LogP contribution >= 0.6 is 0 Å². The highest BCUT2D eigenvalue weighted by Gasteiger charge is 2.09. The lowest BCUT2D eigenvalue weighted by Gasteiger charge is -2.05. The first kappa shape index (κ1) is 13.9. The largest absolute Gasteiger partial charge is 0.508 e. The highest BCUT2D eigenvalue weighted by atomic mass is 16.5. The van der Waals surface area contributed by atoms with Crippen LogP contribution in [0.4, 0.5) is 0 Å². The smallest absolute Gasteiger partial charge is 0.344 e. The van der Waals surface area contributed by atoms with E-state index in [4.69, 9.17) is 9.15 Å². The average Bonchev–Trinajstić information content (AvgIpc) is 2.45. The first-order chi connectivity index (χ1) is 10.5. The van der Waals surface area contributed by atoms with Crippen LogP contribution in [0.25, 0.3) is 22.1 Å². The van der Waals surface area contributed by atoms with E-state index in [9.17, 15) is 14.7 Å². The molecule has 0 unspecified atom stereocenters. The summed E-state index contributed by atoms with van der Waals surface area (Å²) >= 11 is 0. The predicted octanol–water partition coefficient (Wildman–Crippen LogP) is 3.09. The fourth-order valence-corrected chi connectivity index (χ4v) is 2.20. The van der Waals surface area contributed by atoms with Gasteiger partial charge in [-0.3, -0.25) is 4.79 Å². The van der Waals surface area contributed by atoms with Gasteiger partial charge in [0, 0.05) is 18.4 Å². The first-order valence-electron chi connectivity index (χ1n) is 6.59. The van der Waals surface area contributed by atoms with Crippen molar-refractivity contribution in [1.29, 1.82) is 0 Å². The molecule has 0 aliphatic rings. The van der Waals surface area contributed by atoms with Crippen LogP contribution in [0.1, 0.15) is 6.92 Å². The molecule has 0 amide bonds. The van der Waals surface area contributed by atoms with E-state index in [1.54, 1.807) is 30.3 Å². The maximum atomic E-state index is 12.1. The van der Waals surface area contributed by atoms with Crippen LogP contribution in [0.15, 0.2) is 57.7 Å². The zero-order chi connectivity index (χ0) is 15.7. The maximum absolute atomic E-state index is 12.1. The number of rotatable bonds is 2. The lowest BCUT2D eigenvalue weighted by atomic mass is 10.1. The van der Waals surface area contributed by atoms with E-state index in [1.807, 2.05) is 0 Å². The Morgan fingerprint density at radius 3 is 2.68 bits per heavy atom. The van der Waals surface area contributed by atoms with Gasteiger partial charge in [-0.15, -0.1) is 0 Å². The average molecular weight is 296 g/mol. The molecule has 0 saturated carbocycles. The van der Waals surface area contributed by atoms with E-state index < -0.39 is 11.6 Å². The minimum atomic E-state index is -0.530. The molecule has 5 heteroatoms. The first-order valence-corrected chi connectivity index (χ1v) is 6.59. The molecular formula is C17H12O5. The lowest BCUT2D eigenvalue weighted by molar-refractivity contribution is -0.131. The van der Waals surface area contributed by atoms with E-state index in [0.717, 1.165) is 0 Å². The molecule has 110 valence electrons. The van der Waals surface area contributed by atoms with Gasteiger partial charge in [0.15, 0.2) is 0 Å². The summed E-state index contributed by atoms with van der Waals surface area (Å²) in [5, 5.41) is 10.2. The fraction of sp³-hybridized carbons (Fsp3) is 0.0588. The van der Waals surface area contributed by atoms with E-state index >= 15 is 0 Å². The molecule has 1 heterocycles. The number of hydrogen-bond acceptors (Lipinski definition) is 5. The van der Waals surface area contributed by atoms with E-state index in [-0.39, 0.29) is 5.75 Å². The number of ether oxygens (including phenoxy) is 1. The van der Waals surface area contributed by atoms with Crippen LogP contribution in [0.3, 0.4) is 0 Å². The van der Waals surface area contributed by atoms with Crippen molar-refractivity contribution in [3.8, 4) is 22.6 Å². The van der Waals surface area contributed by atoms with Gasteiger partial charge in [-0.1, -0.05) is 12.1 Å². The van der Waals surface area contributed by atoms with E-state index in [2.05, 4.69) is 0 Å². The number of carbonyl (C=O) groups is 1. The van der Waals surface area contributed by atoms with Crippen molar-refractivity contribution in [2.24, 2.45) is 0 Å². The van der Waals surface area contributed by atoms with E-state index in [0.29, 0.717) is 27.8 Å². The molecule has 2 aromatic carbocycles. The summed E-state index contributed by atoms with van der Waals surface area (Å²) in [5.41, 5.74) is 0.717. The molecule has 1 aromatic heterocycles. The van der Waals surface area contributed by atoms with E-state index in [1.165, 1.54) is 25.1 Å². The van der Waals surface area contributed by atoms with Crippen LogP contribution in [-0.2, 0) is 4.79 Å². The molecule has 0 bridgehead atoms. The third kappa shape index (κ3) is 2.69. The molecule has 3 rings (SSSR count). The molecule has 0 aliphatic heterocycles. The summed E-state index contributed by atoms with van der Waals surface area (Å²) in [5.74, 6) is -0.0615. The molecule has 0 radical (unpaired) electrons. The zero-order valence-corrected chi connectivity index (χ0v) is 11.7. The van der Waals surface area contributed by atoms with Crippen LogP contribution in [0, 0.1) is 0 Å². The third-order valence-electron chi connectivity index (χ3n) is 3.13. The molecule has 5 nitrogen and oxygen atoms in total. The Morgan fingerprint density at radius 1 is 1.14 bits per heavy atom. The van der Waals surface area contributed by atoms with Crippen LogP contribution < -0.4 is 10.4 Å². The molecule has 0 atom stereocenters. The van der Waals surface area contributed by atoms with Crippen LogP contribution in [0.5, 0.6) is 11.5 Å². The normalized spacial score (nSPS) is 10.6. The monoisotopic (exact) mass is 296 g/mol. The van der Waals surface area contributed by atoms with Crippen LogP contribution in [0.2, 0.25) is 0 Å². The molecule has 22 heavy (non-hydrogen) atoms. The summed E-state index contributed by atoms with van der Waals surface area (Å²) < 4.78 is 10.2. The highest BCUT2D eigenvalue weighted by molar-refractivity contribution is 5.83. The number of aromatic hydroxyl groups is 1. The van der Waals surface area contributed by atoms with Crippen molar-refractivity contribution in [3.63, 3.8) is 0 Å². The number of hydrogen-bond donors (Lipinski definition) is 1. The molecular weight excluding hydrogens is 284 g/mol. The number of phenolic OH excluding ortho intramolecular Hbond substituents is 1.